The van der Waals surface area contributed by atoms with E-state index in [2.05, 4.69) is 10.5 Å². The smallest absolute Gasteiger partial charge is 0.252 e. The van der Waals surface area contributed by atoms with Gasteiger partial charge in [0.15, 0.2) is 5.76 Å². The van der Waals surface area contributed by atoms with Gasteiger partial charge in [0.1, 0.15) is 5.75 Å². The van der Waals surface area contributed by atoms with Crippen molar-refractivity contribution in [2.45, 2.75) is 13.5 Å². The first-order chi connectivity index (χ1) is 8.18. The molecule has 2 aromatic rings. The second kappa shape index (κ2) is 4.69. The summed E-state index contributed by atoms with van der Waals surface area (Å²) in [5.41, 5.74) is 1.01. The van der Waals surface area contributed by atoms with Crippen molar-refractivity contribution >= 4 is 5.91 Å². The number of nitrogens with one attached hydrogen (secondary N) is 1. The maximum atomic E-state index is 11.8. The molecule has 0 saturated heterocycles. The maximum absolute atomic E-state index is 11.8. The minimum atomic E-state index is -0.255. The lowest BCUT2D eigenvalue weighted by Gasteiger charge is -2.07. The molecule has 0 bridgehead atoms. The Kier molecular flexibility index (Phi) is 3.09. The van der Waals surface area contributed by atoms with E-state index in [0.29, 0.717) is 16.9 Å². The fraction of sp³-hybridized carbons (Fsp3) is 0.167. The third-order valence-electron chi connectivity index (χ3n) is 2.46. The minimum Gasteiger partial charge on any atom is -0.508 e. The van der Waals surface area contributed by atoms with Crippen molar-refractivity contribution in [3.8, 4) is 5.75 Å². The summed E-state index contributed by atoms with van der Waals surface area (Å²) >= 11 is 0. The molecule has 1 amide bonds. The second-order valence-corrected chi connectivity index (χ2v) is 3.61. The van der Waals surface area contributed by atoms with Crippen molar-refractivity contribution in [3.63, 3.8) is 0 Å². The first kappa shape index (κ1) is 11.2. The van der Waals surface area contributed by atoms with Crippen molar-refractivity contribution in [3.05, 3.63) is 47.3 Å². The zero-order valence-corrected chi connectivity index (χ0v) is 9.30. The van der Waals surface area contributed by atoms with Gasteiger partial charge < -0.3 is 14.9 Å². The van der Waals surface area contributed by atoms with Crippen LogP contribution in [0, 0.1) is 6.92 Å². The Balaban J connectivity index is 2.07. The van der Waals surface area contributed by atoms with Crippen LogP contribution < -0.4 is 5.32 Å². The van der Waals surface area contributed by atoms with E-state index in [9.17, 15) is 9.90 Å². The third-order valence-corrected chi connectivity index (χ3v) is 2.46. The molecule has 0 fully saturated rings. The number of amides is 1. The topological polar surface area (TPSA) is 75.4 Å². The van der Waals surface area contributed by atoms with Crippen LogP contribution in [-0.4, -0.2) is 16.2 Å². The highest BCUT2D eigenvalue weighted by atomic mass is 16.5. The number of rotatable bonds is 3. The molecule has 2 rings (SSSR count). The fourth-order valence-electron chi connectivity index (χ4n) is 1.47. The summed E-state index contributed by atoms with van der Waals surface area (Å²) in [6.45, 7) is 1.96. The van der Waals surface area contributed by atoms with Crippen molar-refractivity contribution in [2.75, 3.05) is 0 Å². The summed E-state index contributed by atoms with van der Waals surface area (Å²) in [6, 6.07) is 6.51. The molecule has 0 aliphatic rings. The summed E-state index contributed by atoms with van der Waals surface area (Å²) in [5, 5.41) is 15.7. The molecule has 2 N–H and O–H groups in total. The zero-order chi connectivity index (χ0) is 12.3. The maximum Gasteiger partial charge on any atom is 0.252 e. The number of aromatic nitrogens is 1. The number of phenolic OH excluding ortho intramolecular Hbond substituents is 1. The third kappa shape index (κ3) is 2.44. The molecule has 0 saturated carbocycles. The van der Waals surface area contributed by atoms with E-state index in [1.54, 1.807) is 31.2 Å². The van der Waals surface area contributed by atoms with E-state index in [4.69, 9.17) is 4.52 Å². The molecule has 5 heteroatoms. The average Bonchev–Trinajstić information content (AvgIpc) is 2.82. The number of carbonyl (C=O) groups is 1. The van der Waals surface area contributed by atoms with Gasteiger partial charge in [-0.25, -0.2) is 0 Å². The van der Waals surface area contributed by atoms with Crippen LogP contribution in [0.15, 0.2) is 35.0 Å². The van der Waals surface area contributed by atoms with Gasteiger partial charge in [-0.3, -0.25) is 4.79 Å². The molecule has 1 heterocycles. The van der Waals surface area contributed by atoms with E-state index < -0.39 is 0 Å². The quantitative estimate of drug-likeness (QED) is 0.843. The van der Waals surface area contributed by atoms with Crippen LogP contribution in [0.5, 0.6) is 5.75 Å². The number of aromatic hydroxyl groups is 1. The molecule has 0 radical (unpaired) electrons. The Bertz CT molecular complexity index is 521. The Hall–Kier alpha value is -2.30. The summed E-state index contributed by atoms with van der Waals surface area (Å²) in [7, 11) is 0. The van der Waals surface area contributed by atoms with Crippen LogP contribution >= 0.6 is 0 Å². The lowest BCUT2D eigenvalue weighted by Crippen LogP contribution is -2.23. The molecule has 0 spiro atoms. The Morgan fingerprint density at radius 2 is 2.29 bits per heavy atom. The van der Waals surface area contributed by atoms with Crippen molar-refractivity contribution in [2.24, 2.45) is 0 Å². The Morgan fingerprint density at radius 1 is 1.47 bits per heavy atom. The summed E-state index contributed by atoms with van der Waals surface area (Å²) in [4.78, 5) is 11.8. The predicted octanol–water partition coefficient (Wildman–Crippen LogP) is 1.62. The zero-order valence-electron chi connectivity index (χ0n) is 9.30. The second-order valence-electron chi connectivity index (χ2n) is 3.61. The van der Waals surface area contributed by atoms with Gasteiger partial charge in [-0.05, 0) is 19.1 Å². The predicted molar refractivity (Wildman–Crippen MR) is 60.5 cm³/mol. The van der Waals surface area contributed by atoms with Crippen molar-refractivity contribution < 1.29 is 14.4 Å². The monoisotopic (exact) mass is 232 g/mol. The van der Waals surface area contributed by atoms with Crippen LogP contribution in [0.2, 0.25) is 0 Å². The molecule has 0 aliphatic carbocycles. The van der Waals surface area contributed by atoms with Crippen molar-refractivity contribution in [1.82, 2.24) is 10.5 Å². The normalized spacial score (nSPS) is 10.2. The van der Waals surface area contributed by atoms with E-state index in [1.165, 1.54) is 6.20 Å². The van der Waals surface area contributed by atoms with E-state index in [-0.39, 0.29) is 18.2 Å². The van der Waals surface area contributed by atoms with Crippen LogP contribution in [0.1, 0.15) is 21.7 Å². The number of benzene rings is 1. The van der Waals surface area contributed by atoms with Gasteiger partial charge in [0.2, 0.25) is 0 Å². The van der Waals surface area contributed by atoms with Gasteiger partial charge in [0.25, 0.3) is 5.91 Å². The van der Waals surface area contributed by atoms with E-state index >= 15 is 0 Å². The SMILES string of the molecule is Cc1c(O)cccc1C(=O)NCc1ccno1. The van der Waals surface area contributed by atoms with Gasteiger partial charge in [-0.15, -0.1) is 0 Å². The van der Waals surface area contributed by atoms with Crippen LogP contribution in [0.3, 0.4) is 0 Å². The van der Waals surface area contributed by atoms with Gasteiger partial charge in [0.05, 0.1) is 12.7 Å². The molecule has 0 unspecified atom stereocenters. The first-order valence-corrected chi connectivity index (χ1v) is 5.15. The van der Waals surface area contributed by atoms with E-state index in [0.717, 1.165) is 0 Å². The molecule has 88 valence electrons. The number of phenols is 1. The highest BCUT2D eigenvalue weighted by Crippen LogP contribution is 2.19. The lowest BCUT2D eigenvalue weighted by atomic mass is 10.1. The number of nitrogens with zero attached hydrogens (tertiary/aromatic N) is 1. The Morgan fingerprint density at radius 3 is 3.00 bits per heavy atom. The van der Waals surface area contributed by atoms with Crippen LogP contribution in [0.4, 0.5) is 0 Å². The van der Waals surface area contributed by atoms with Gasteiger partial charge in [0, 0.05) is 17.2 Å². The summed E-state index contributed by atoms with van der Waals surface area (Å²) in [6.07, 6.45) is 1.51. The van der Waals surface area contributed by atoms with Gasteiger partial charge in [-0.2, -0.15) is 0 Å². The summed E-state index contributed by atoms with van der Waals surface area (Å²) in [5.74, 6) is 0.434. The average molecular weight is 232 g/mol. The standard InChI is InChI=1S/C12H12N2O3/c1-8-10(3-2-4-11(8)15)12(16)13-7-9-5-6-14-17-9/h2-6,15H,7H2,1H3,(H,13,16). The first-order valence-electron chi connectivity index (χ1n) is 5.15. The summed E-state index contributed by atoms with van der Waals surface area (Å²) < 4.78 is 4.86. The largest absolute Gasteiger partial charge is 0.508 e. The molecule has 5 nitrogen and oxygen atoms in total. The number of hydrogen-bond acceptors (Lipinski definition) is 4. The fourth-order valence-corrected chi connectivity index (χ4v) is 1.47. The minimum absolute atomic E-state index is 0.109. The highest BCUT2D eigenvalue weighted by molar-refractivity contribution is 5.96. The van der Waals surface area contributed by atoms with Gasteiger partial charge >= 0.3 is 0 Å². The molecule has 1 aromatic heterocycles. The molecular formula is C12H12N2O3. The van der Waals surface area contributed by atoms with Crippen LogP contribution in [0.25, 0.3) is 0 Å². The van der Waals surface area contributed by atoms with Crippen molar-refractivity contribution in [1.29, 1.82) is 0 Å². The number of hydrogen-bond donors (Lipinski definition) is 2. The van der Waals surface area contributed by atoms with Crippen LogP contribution in [-0.2, 0) is 6.54 Å². The molecule has 17 heavy (non-hydrogen) atoms. The molecule has 0 atom stereocenters. The number of carbonyl (C=O) groups excluding carboxylic acids is 1. The van der Waals surface area contributed by atoms with E-state index in [1.807, 2.05) is 0 Å². The van der Waals surface area contributed by atoms with Gasteiger partial charge in [-0.1, -0.05) is 11.2 Å². The molecule has 1 aromatic carbocycles. The Labute approximate surface area is 98.1 Å². The molecular weight excluding hydrogens is 220 g/mol. The molecule has 0 aliphatic heterocycles. The highest BCUT2D eigenvalue weighted by Gasteiger charge is 2.11. The lowest BCUT2D eigenvalue weighted by molar-refractivity contribution is 0.0946.